The van der Waals surface area contributed by atoms with Crippen LogP contribution in [-0.2, 0) is 0 Å². The van der Waals surface area contributed by atoms with Gasteiger partial charge >= 0.3 is 0 Å². The molecular weight excluding hydrogens is 296 g/mol. The number of nitrogens with zero attached hydrogens (tertiary/aromatic N) is 1. The molecule has 2 aromatic rings. The summed E-state index contributed by atoms with van der Waals surface area (Å²) in [6.07, 6.45) is 5.58. The number of hydrogen-bond acceptors (Lipinski definition) is 4. The van der Waals surface area contributed by atoms with Crippen molar-refractivity contribution in [3.8, 4) is 0 Å². The smallest absolute Gasteiger partial charge is 0.0765 e. The second-order valence-electron chi connectivity index (χ2n) is 5.67. The fraction of sp³-hybridized carbons (Fsp3) is 0.529. The third kappa shape index (κ3) is 4.39. The Kier molecular flexibility index (Phi) is 5.86. The van der Waals surface area contributed by atoms with Crippen LogP contribution < -0.4 is 5.32 Å². The van der Waals surface area contributed by atoms with Gasteiger partial charge in [0.2, 0.25) is 0 Å². The third-order valence-corrected chi connectivity index (χ3v) is 6.00. The number of hydrogen-bond donors (Lipinski definition) is 1. The molecule has 0 amide bonds. The van der Waals surface area contributed by atoms with Crippen molar-refractivity contribution in [1.82, 2.24) is 10.2 Å². The summed E-state index contributed by atoms with van der Waals surface area (Å²) in [5.74, 6) is 0. The van der Waals surface area contributed by atoms with Crippen LogP contribution in [0.1, 0.15) is 41.5 Å². The molecule has 0 saturated carbocycles. The first-order chi connectivity index (χ1) is 10.4. The molecule has 0 aliphatic carbocycles. The first-order valence-electron chi connectivity index (χ1n) is 7.96. The van der Waals surface area contributed by atoms with E-state index < -0.39 is 0 Å². The van der Waals surface area contributed by atoms with E-state index in [0.717, 1.165) is 6.54 Å². The zero-order valence-electron chi connectivity index (χ0n) is 12.5. The Morgan fingerprint density at radius 2 is 1.57 bits per heavy atom. The first-order valence-corrected chi connectivity index (χ1v) is 9.72. The lowest BCUT2D eigenvalue weighted by atomic mass is 10.2. The SMILES string of the molecule is c1csc(C(NCCN2CCCCCC2)c2cccs2)c1. The van der Waals surface area contributed by atoms with Crippen LogP contribution >= 0.6 is 22.7 Å². The van der Waals surface area contributed by atoms with Gasteiger partial charge in [0.05, 0.1) is 6.04 Å². The summed E-state index contributed by atoms with van der Waals surface area (Å²) in [4.78, 5) is 5.47. The highest BCUT2D eigenvalue weighted by molar-refractivity contribution is 7.11. The first kappa shape index (κ1) is 15.2. The van der Waals surface area contributed by atoms with Gasteiger partial charge in [0.15, 0.2) is 0 Å². The Hall–Kier alpha value is -0.680. The molecule has 2 nitrogen and oxygen atoms in total. The third-order valence-electron chi connectivity index (χ3n) is 4.13. The van der Waals surface area contributed by atoms with Gasteiger partial charge in [-0.3, -0.25) is 0 Å². The normalized spacial score (nSPS) is 17.2. The van der Waals surface area contributed by atoms with Crippen molar-refractivity contribution < 1.29 is 0 Å². The topological polar surface area (TPSA) is 15.3 Å². The highest BCUT2D eigenvalue weighted by Crippen LogP contribution is 2.28. The Balaban J connectivity index is 1.55. The van der Waals surface area contributed by atoms with E-state index in [9.17, 15) is 0 Å². The maximum absolute atomic E-state index is 3.77. The monoisotopic (exact) mass is 320 g/mol. The number of likely N-dealkylation sites (tertiary alicyclic amines) is 1. The van der Waals surface area contributed by atoms with Crippen LogP contribution in [0.25, 0.3) is 0 Å². The molecule has 3 rings (SSSR count). The maximum Gasteiger partial charge on any atom is 0.0765 e. The molecule has 21 heavy (non-hydrogen) atoms. The van der Waals surface area contributed by atoms with Gasteiger partial charge < -0.3 is 10.2 Å². The molecule has 1 N–H and O–H groups in total. The van der Waals surface area contributed by atoms with Gasteiger partial charge in [-0.05, 0) is 48.8 Å². The number of rotatable bonds is 6. The molecule has 0 radical (unpaired) electrons. The molecule has 3 heterocycles. The summed E-state index contributed by atoms with van der Waals surface area (Å²) >= 11 is 3.70. The van der Waals surface area contributed by atoms with Crippen LogP contribution in [0.3, 0.4) is 0 Å². The molecule has 114 valence electrons. The summed E-state index contributed by atoms with van der Waals surface area (Å²) in [6, 6.07) is 9.16. The van der Waals surface area contributed by atoms with E-state index in [4.69, 9.17) is 0 Å². The second-order valence-corrected chi connectivity index (χ2v) is 7.63. The van der Waals surface area contributed by atoms with E-state index >= 15 is 0 Å². The highest BCUT2D eigenvalue weighted by Gasteiger charge is 2.16. The van der Waals surface area contributed by atoms with E-state index in [1.807, 2.05) is 22.7 Å². The van der Waals surface area contributed by atoms with Crippen molar-refractivity contribution in [2.45, 2.75) is 31.7 Å². The number of nitrogens with one attached hydrogen (secondary N) is 1. The van der Waals surface area contributed by atoms with Crippen molar-refractivity contribution in [3.05, 3.63) is 44.8 Å². The minimum absolute atomic E-state index is 0.372. The Labute approximate surface area is 135 Å². The van der Waals surface area contributed by atoms with Crippen molar-refractivity contribution in [2.24, 2.45) is 0 Å². The molecule has 0 unspecified atom stereocenters. The standard InChI is InChI=1S/C17H24N2S2/c1-2-4-11-19(10-3-1)12-9-18-17(15-7-5-13-20-15)16-8-6-14-21-16/h5-8,13-14,17-18H,1-4,9-12H2. The molecule has 2 aromatic heterocycles. The summed E-state index contributed by atoms with van der Waals surface area (Å²) in [5.41, 5.74) is 0. The van der Waals surface area contributed by atoms with Crippen LogP contribution in [-0.4, -0.2) is 31.1 Å². The van der Waals surface area contributed by atoms with E-state index in [1.165, 1.54) is 55.1 Å². The molecule has 1 aliphatic heterocycles. The van der Waals surface area contributed by atoms with Gasteiger partial charge in [-0.15, -0.1) is 22.7 Å². The van der Waals surface area contributed by atoms with Crippen molar-refractivity contribution in [2.75, 3.05) is 26.2 Å². The van der Waals surface area contributed by atoms with Gasteiger partial charge in [-0.2, -0.15) is 0 Å². The lowest BCUT2D eigenvalue weighted by Gasteiger charge is -2.22. The van der Waals surface area contributed by atoms with Crippen molar-refractivity contribution in [1.29, 1.82) is 0 Å². The highest BCUT2D eigenvalue weighted by atomic mass is 32.1. The van der Waals surface area contributed by atoms with Crippen LogP contribution in [0.2, 0.25) is 0 Å². The molecule has 1 fully saturated rings. The van der Waals surface area contributed by atoms with Gasteiger partial charge in [0.25, 0.3) is 0 Å². The van der Waals surface area contributed by atoms with Crippen LogP contribution in [0.15, 0.2) is 35.0 Å². The van der Waals surface area contributed by atoms with Crippen molar-refractivity contribution in [3.63, 3.8) is 0 Å². The fourth-order valence-corrected chi connectivity index (χ4v) is 4.69. The predicted octanol–water partition coefficient (Wildman–Crippen LogP) is 4.36. The Morgan fingerprint density at radius 1 is 0.952 bits per heavy atom. The van der Waals surface area contributed by atoms with Crippen molar-refractivity contribution >= 4 is 22.7 Å². The van der Waals surface area contributed by atoms with Crippen LogP contribution in [0.5, 0.6) is 0 Å². The van der Waals surface area contributed by atoms with Gasteiger partial charge in [-0.25, -0.2) is 0 Å². The minimum Gasteiger partial charge on any atom is -0.304 e. The van der Waals surface area contributed by atoms with E-state index in [-0.39, 0.29) is 0 Å². The largest absolute Gasteiger partial charge is 0.304 e. The summed E-state index contributed by atoms with van der Waals surface area (Å²) in [5, 5.41) is 8.12. The lowest BCUT2D eigenvalue weighted by Crippen LogP contribution is -2.34. The van der Waals surface area contributed by atoms with E-state index in [2.05, 4.69) is 45.2 Å². The molecule has 0 aromatic carbocycles. The Morgan fingerprint density at radius 3 is 2.10 bits per heavy atom. The molecule has 0 bridgehead atoms. The predicted molar refractivity (Wildman–Crippen MR) is 93.4 cm³/mol. The minimum atomic E-state index is 0.372. The maximum atomic E-state index is 3.77. The van der Waals surface area contributed by atoms with E-state index in [0.29, 0.717) is 6.04 Å². The quantitative estimate of drug-likeness (QED) is 0.850. The molecular formula is C17H24N2S2. The zero-order chi connectivity index (χ0) is 14.3. The molecule has 1 aliphatic rings. The summed E-state index contributed by atoms with van der Waals surface area (Å²) in [7, 11) is 0. The number of thiophene rings is 2. The van der Waals surface area contributed by atoms with Crippen LogP contribution in [0, 0.1) is 0 Å². The Bertz CT molecular complexity index is 451. The summed E-state index contributed by atoms with van der Waals surface area (Å²) in [6.45, 7) is 4.81. The average Bonchev–Trinajstić information content (AvgIpc) is 3.15. The molecule has 4 heteroatoms. The molecule has 1 saturated heterocycles. The molecule has 0 spiro atoms. The van der Waals surface area contributed by atoms with Gasteiger partial charge in [0, 0.05) is 22.8 Å². The van der Waals surface area contributed by atoms with Crippen LogP contribution in [0.4, 0.5) is 0 Å². The fourth-order valence-electron chi connectivity index (χ4n) is 2.98. The van der Waals surface area contributed by atoms with Gasteiger partial charge in [0.1, 0.15) is 0 Å². The average molecular weight is 321 g/mol. The van der Waals surface area contributed by atoms with Gasteiger partial charge in [-0.1, -0.05) is 25.0 Å². The van der Waals surface area contributed by atoms with E-state index in [1.54, 1.807) is 0 Å². The lowest BCUT2D eigenvalue weighted by molar-refractivity contribution is 0.282. The molecule has 0 atom stereocenters. The zero-order valence-corrected chi connectivity index (χ0v) is 14.1. The second kappa shape index (κ2) is 8.08. The summed E-state index contributed by atoms with van der Waals surface area (Å²) < 4.78 is 0.